The fourth-order valence-electron chi connectivity index (χ4n) is 5.33. The molecule has 0 saturated carbocycles. The number of benzene rings is 1. The molecule has 7 nitrogen and oxygen atoms in total. The van der Waals surface area contributed by atoms with Crippen molar-refractivity contribution in [1.29, 1.82) is 0 Å². The van der Waals surface area contributed by atoms with Crippen LogP contribution in [0.15, 0.2) is 42.7 Å². The Hall–Kier alpha value is -3.59. The molecule has 1 aromatic carbocycles. The molecule has 3 heterocycles. The second kappa shape index (κ2) is 13.6. The van der Waals surface area contributed by atoms with Crippen LogP contribution < -0.4 is 9.64 Å². The number of pyridine rings is 2. The van der Waals surface area contributed by atoms with Crippen molar-refractivity contribution in [2.75, 3.05) is 24.6 Å². The third kappa shape index (κ3) is 8.74. The van der Waals surface area contributed by atoms with Crippen LogP contribution in [0, 0.1) is 24.0 Å². The highest BCUT2D eigenvalue weighted by atomic mass is 19.1. The molecule has 1 atom stereocenters. The minimum Gasteiger partial charge on any atom is -0.492 e. The fourth-order valence-corrected chi connectivity index (χ4v) is 5.33. The Morgan fingerprint density at radius 2 is 1.68 bits per heavy atom. The largest absolute Gasteiger partial charge is 0.492 e. The summed E-state index contributed by atoms with van der Waals surface area (Å²) in [6.45, 7) is 17.7. The molecule has 0 amide bonds. The lowest BCUT2D eigenvalue weighted by Crippen LogP contribution is -2.39. The monoisotopic (exact) mass is 609 g/mol. The summed E-state index contributed by atoms with van der Waals surface area (Å²) < 4.78 is 45.0. The average Bonchev–Trinajstić information content (AvgIpc) is 2.91. The predicted molar refractivity (Wildman–Crippen MR) is 168 cm³/mol. The quantitative estimate of drug-likeness (QED) is 0.217. The first-order valence-electron chi connectivity index (χ1n) is 15.3. The molecule has 0 N–H and O–H groups in total. The molecule has 4 rings (SSSR count). The SMILES string of the molecule is Cc1ncc(-c2ccc(OCCc3cc(F)cc(F)c3)cn2)c(N2CCC(C)(C)CC2)c1C(OC(C)(C)C)C(=O)OC(C)C. The number of nitrogens with zero attached hydrogens (tertiary/aromatic N) is 3. The van der Waals surface area contributed by atoms with E-state index in [-0.39, 0.29) is 18.1 Å². The lowest BCUT2D eigenvalue weighted by atomic mass is 9.82. The Bertz CT molecular complexity index is 1420. The van der Waals surface area contributed by atoms with Gasteiger partial charge in [-0.05, 0) is 89.6 Å². The minimum absolute atomic E-state index is 0.214. The molecule has 1 aliphatic heterocycles. The van der Waals surface area contributed by atoms with Gasteiger partial charge in [0.15, 0.2) is 6.10 Å². The molecule has 0 radical (unpaired) electrons. The number of hydrogen-bond acceptors (Lipinski definition) is 7. The van der Waals surface area contributed by atoms with Crippen LogP contribution >= 0.6 is 0 Å². The number of carbonyl (C=O) groups excluding carboxylic acids is 1. The van der Waals surface area contributed by atoms with Crippen molar-refractivity contribution in [1.82, 2.24) is 9.97 Å². The summed E-state index contributed by atoms with van der Waals surface area (Å²) in [6.07, 6.45) is 4.47. The van der Waals surface area contributed by atoms with Crippen LogP contribution in [0.2, 0.25) is 0 Å². The van der Waals surface area contributed by atoms with Crippen molar-refractivity contribution < 1.29 is 27.8 Å². The maximum absolute atomic E-state index is 13.6. The Morgan fingerprint density at radius 3 is 2.25 bits per heavy atom. The predicted octanol–water partition coefficient (Wildman–Crippen LogP) is 7.79. The first-order valence-corrected chi connectivity index (χ1v) is 15.3. The Morgan fingerprint density at radius 1 is 1.02 bits per heavy atom. The topological polar surface area (TPSA) is 73.8 Å². The lowest BCUT2D eigenvalue weighted by molar-refractivity contribution is -0.171. The molecule has 2 aromatic heterocycles. The van der Waals surface area contributed by atoms with Crippen LogP contribution in [-0.4, -0.2) is 47.3 Å². The highest BCUT2D eigenvalue weighted by Gasteiger charge is 2.37. The van der Waals surface area contributed by atoms with Crippen LogP contribution in [0.1, 0.15) is 84.2 Å². The molecule has 1 fully saturated rings. The number of ether oxygens (including phenoxy) is 3. The van der Waals surface area contributed by atoms with Crippen molar-refractivity contribution in [2.45, 2.75) is 92.5 Å². The van der Waals surface area contributed by atoms with E-state index in [2.05, 4.69) is 18.7 Å². The van der Waals surface area contributed by atoms with E-state index in [0.717, 1.165) is 43.2 Å². The minimum atomic E-state index is -0.981. The number of esters is 1. The first kappa shape index (κ1) is 33.3. The molecule has 1 saturated heterocycles. The summed E-state index contributed by atoms with van der Waals surface area (Å²) in [6, 6.07) is 7.12. The van der Waals surface area contributed by atoms with Crippen LogP contribution in [0.25, 0.3) is 11.3 Å². The summed E-state index contributed by atoms with van der Waals surface area (Å²) in [7, 11) is 0. The van der Waals surface area contributed by atoms with Crippen molar-refractivity contribution in [3.8, 4) is 17.0 Å². The van der Waals surface area contributed by atoms with Crippen molar-refractivity contribution in [3.63, 3.8) is 0 Å². The molecule has 3 aromatic rings. The number of halogens is 2. The van der Waals surface area contributed by atoms with Gasteiger partial charge in [-0.1, -0.05) is 13.8 Å². The van der Waals surface area contributed by atoms with Crippen LogP contribution in [0.5, 0.6) is 5.75 Å². The van der Waals surface area contributed by atoms with Crippen molar-refractivity contribution in [3.05, 3.63) is 71.2 Å². The molecule has 44 heavy (non-hydrogen) atoms. The average molecular weight is 610 g/mol. The zero-order valence-electron chi connectivity index (χ0n) is 27.2. The standard InChI is InChI=1S/C35H45F2N3O4/c1-22(2)43-33(41)32(44-34(4,5)6)30-23(3)38-21-28(31(30)40-14-12-35(7,8)13-15-40)29-10-9-27(20-39-29)42-16-11-24-17-25(36)19-26(37)18-24/h9-10,17-22,32H,11-16H2,1-8H3. The number of piperidine rings is 1. The molecule has 0 bridgehead atoms. The van der Waals surface area contributed by atoms with Gasteiger partial charge in [0.05, 0.1) is 35.9 Å². The number of aryl methyl sites for hydroxylation is 1. The van der Waals surface area contributed by atoms with Gasteiger partial charge >= 0.3 is 5.97 Å². The summed E-state index contributed by atoms with van der Waals surface area (Å²) in [5.41, 5.74) is 3.81. The van der Waals surface area contributed by atoms with E-state index in [9.17, 15) is 13.6 Å². The number of hydrogen-bond donors (Lipinski definition) is 0. The summed E-state index contributed by atoms with van der Waals surface area (Å²) in [5.74, 6) is -1.15. The molecule has 9 heteroatoms. The lowest BCUT2D eigenvalue weighted by Gasteiger charge is -2.41. The Labute approximate surface area is 260 Å². The molecule has 0 aliphatic carbocycles. The number of carbonyl (C=O) groups is 1. The highest BCUT2D eigenvalue weighted by Crippen LogP contribution is 2.43. The van der Waals surface area contributed by atoms with Crippen LogP contribution in [0.3, 0.4) is 0 Å². The smallest absolute Gasteiger partial charge is 0.340 e. The highest BCUT2D eigenvalue weighted by molar-refractivity contribution is 5.86. The van der Waals surface area contributed by atoms with Crippen LogP contribution in [0.4, 0.5) is 14.5 Å². The van der Waals surface area contributed by atoms with Crippen LogP contribution in [-0.2, 0) is 20.7 Å². The van der Waals surface area contributed by atoms with Gasteiger partial charge in [-0.2, -0.15) is 0 Å². The number of anilines is 1. The Balaban J connectivity index is 1.70. The number of rotatable bonds is 10. The fraction of sp³-hybridized carbons (Fsp3) is 0.514. The van der Waals surface area contributed by atoms with Crippen molar-refractivity contribution >= 4 is 11.7 Å². The van der Waals surface area contributed by atoms with Gasteiger partial charge < -0.3 is 19.1 Å². The van der Waals surface area contributed by atoms with Gasteiger partial charge in [-0.25, -0.2) is 13.6 Å². The second-order valence-corrected chi connectivity index (χ2v) is 13.5. The maximum atomic E-state index is 13.6. The van der Waals surface area contributed by atoms with E-state index in [0.29, 0.717) is 34.7 Å². The van der Waals surface area contributed by atoms with E-state index >= 15 is 0 Å². The maximum Gasteiger partial charge on any atom is 0.340 e. The molecule has 0 spiro atoms. The third-order valence-electron chi connectivity index (χ3n) is 7.61. The van der Waals surface area contributed by atoms with Gasteiger partial charge in [0, 0.05) is 48.6 Å². The number of aromatic nitrogens is 2. The molecule has 238 valence electrons. The van der Waals surface area contributed by atoms with E-state index in [1.54, 1.807) is 12.4 Å². The third-order valence-corrected chi connectivity index (χ3v) is 7.61. The molecular formula is C35H45F2N3O4. The normalized spacial score (nSPS) is 15.8. The zero-order valence-corrected chi connectivity index (χ0v) is 27.2. The van der Waals surface area contributed by atoms with Gasteiger partial charge in [0.2, 0.25) is 0 Å². The Kier molecular flexibility index (Phi) is 10.3. The summed E-state index contributed by atoms with van der Waals surface area (Å²) in [4.78, 5) is 25.3. The zero-order chi connectivity index (χ0) is 32.2. The summed E-state index contributed by atoms with van der Waals surface area (Å²) in [5, 5.41) is 0. The first-order chi connectivity index (χ1) is 20.6. The van der Waals surface area contributed by atoms with Crippen molar-refractivity contribution in [2.24, 2.45) is 5.41 Å². The second-order valence-electron chi connectivity index (χ2n) is 13.5. The van der Waals surface area contributed by atoms with Gasteiger partial charge in [0.1, 0.15) is 17.4 Å². The van der Waals surface area contributed by atoms with Gasteiger partial charge in [-0.15, -0.1) is 0 Å². The molecular weight excluding hydrogens is 564 g/mol. The van der Waals surface area contributed by atoms with Gasteiger partial charge in [0.25, 0.3) is 0 Å². The molecule has 1 aliphatic rings. The molecule has 1 unspecified atom stereocenters. The van der Waals surface area contributed by atoms with E-state index in [1.165, 1.54) is 12.1 Å². The summed E-state index contributed by atoms with van der Waals surface area (Å²) >= 11 is 0. The van der Waals surface area contributed by atoms with E-state index in [1.807, 2.05) is 53.7 Å². The van der Waals surface area contributed by atoms with E-state index < -0.39 is 29.3 Å². The van der Waals surface area contributed by atoms with Gasteiger partial charge in [-0.3, -0.25) is 9.97 Å². The van der Waals surface area contributed by atoms with E-state index in [4.69, 9.17) is 24.2 Å².